The molecule has 10 heteroatoms. The fraction of sp³-hybridized carbons (Fsp3) is 0.263. The minimum absolute atomic E-state index is 0.145. The summed E-state index contributed by atoms with van der Waals surface area (Å²) in [5.74, 6) is -1.00. The van der Waals surface area contributed by atoms with Crippen molar-refractivity contribution in [3.8, 4) is 16.3 Å². The summed E-state index contributed by atoms with van der Waals surface area (Å²) in [6.07, 6.45) is 1.17. The van der Waals surface area contributed by atoms with Gasteiger partial charge < -0.3 is 9.84 Å². The summed E-state index contributed by atoms with van der Waals surface area (Å²) in [6.45, 7) is 3.81. The third kappa shape index (κ3) is 3.68. The molecule has 0 aliphatic carbocycles. The highest BCUT2D eigenvalue weighted by Gasteiger charge is 2.25. The molecule has 0 aromatic carbocycles. The monoisotopic (exact) mass is 433 g/mol. The molecule has 3 rings (SSSR count). The Morgan fingerprint density at radius 3 is 2.66 bits per heavy atom. The van der Waals surface area contributed by atoms with Crippen LogP contribution in [0.4, 0.5) is 5.00 Å². The Balaban J connectivity index is 2.19. The molecule has 8 nitrogen and oxygen atoms in total. The number of ether oxygens (including phenoxy) is 1. The number of nitrogens with zero attached hydrogens (tertiary/aromatic N) is 3. The number of carbonyl (C=O) groups is 1. The van der Waals surface area contributed by atoms with Crippen LogP contribution in [0, 0.1) is 6.92 Å². The molecule has 0 bridgehead atoms. The number of aryl methyl sites for hydroxylation is 1. The van der Waals surface area contributed by atoms with Crippen molar-refractivity contribution in [2.75, 3.05) is 6.61 Å². The Morgan fingerprint density at radius 1 is 1.31 bits per heavy atom. The molecule has 3 heterocycles. The van der Waals surface area contributed by atoms with Gasteiger partial charge in [-0.25, -0.2) is 14.6 Å². The van der Waals surface area contributed by atoms with Gasteiger partial charge in [0.2, 0.25) is 5.88 Å². The van der Waals surface area contributed by atoms with Gasteiger partial charge in [0, 0.05) is 35.6 Å². The summed E-state index contributed by atoms with van der Waals surface area (Å²) in [5.41, 5.74) is -0.418. The van der Waals surface area contributed by atoms with E-state index in [0.29, 0.717) is 10.6 Å². The number of thiophene rings is 2. The third-order valence-corrected chi connectivity index (χ3v) is 6.19. The summed E-state index contributed by atoms with van der Waals surface area (Å²) in [5, 5.41) is 12.5. The van der Waals surface area contributed by atoms with Crippen molar-refractivity contribution in [3.05, 3.63) is 54.4 Å². The summed E-state index contributed by atoms with van der Waals surface area (Å²) < 4.78 is 7.04. The van der Waals surface area contributed by atoms with Crippen LogP contribution in [0.3, 0.4) is 0 Å². The summed E-state index contributed by atoms with van der Waals surface area (Å²) in [6, 6.07) is 3.80. The van der Waals surface area contributed by atoms with E-state index in [1.165, 1.54) is 43.0 Å². The van der Waals surface area contributed by atoms with E-state index >= 15 is 0 Å². The molecule has 0 radical (unpaired) electrons. The highest BCUT2D eigenvalue weighted by molar-refractivity contribution is 7.18. The van der Waals surface area contributed by atoms with Gasteiger partial charge in [0.25, 0.3) is 5.56 Å². The number of hydrogen-bond donors (Lipinski definition) is 1. The zero-order chi connectivity index (χ0) is 21.3. The second kappa shape index (κ2) is 8.18. The minimum Gasteiger partial charge on any atom is -0.494 e. The first-order chi connectivity index (χ1) is 13.8. The standard InChI is InChI=1S/C19H19N3O5S2/c1-5-27-18(25)14-13(12-7-6-8-28-12)10(2)29-15(14)20-9-11-16(23)21(3)19(26)22(4)17(11)24/h6-9,23H,5H2,1-4H3. The fourth-order valence-corrected chi connectivity index (χ4v) is 4.72. The number of rotatable bonds is 5. The highest BCUT2D eigenvalue weighted by atomic mass is 32.1. The molecule has 1 N–H and O–H groups in total. The smallest absolute Gasteiger partial charge is 0.341 e. The highest BCUT2D eigenvalue weighted by Crippen LogP contribution is 2.43. The zero-order valence-corrected chi connectivity index (χ0v) is 17.9. The molecule has 0 fully saturated rings. The van der Waals surface area contributed by atoms with Crippen LogP contribution in [0.25, 0.3) is 10.4 Å². The number of aliphatic imine (C=N–C) groups is 1. The van der Waals surface area contributed by atoms with E-state index in [0.717, 1.165) is 24.5 Å². The van der Waals surface area contributed by atoms with Crippen molar-refractivity contribution in [2.24, 2.45) is 19.1 Å². The maximum absolute atomic E-state index is 12.6. The Hall–Kier alpha value is -2.98. The van der Waals surface area contributed by atoms with Gasteiger partial charge in [-0.2, -0.15) is 0 Å². The molecule has 3 aromatic heterocycles. The van der Waals surface area contributed by atoms with Gasteiger partial charge in [-0.1, -0.05) is 6.07 Å². The van der Waals surface area contributed by atoms with Gasteiger partial charge in [0.15, 0.2) is 0 Å². The van der Waals surface area contributed by atoms with Gasteiger partial charge in [-0.05, 0) is 25.3 Å². The van der Waals surface area contributed by atoms with E-state index in [9.17, 15) is 19.5 Å². The molecule has 0 aliphatic rings. The summed E-state index contributed by atoms with van der Waals surface area (Å²) >= 11 is 2.78. The maximum atomic E-state index is 12.6. The van der Waals surface area contributed by atoms with Gasteiger partial charge in [-0.15, -0.1) is 22.7 Å². The molecule has 0 spiro atoms. The second-order valence-electron chi connectivity index (χ2n) is 6.11. The van der Waals surface area contributed by atoms with Crippen molar-refractivity contribution in [3.63, 3.8) is 0 Å². The first-order valence-corrected chi connectivity index (χ1v) is 10.3. The van der Waals surface area contributed by atoms with Crippen molar-refractivity contribution >= 4 is 39.9 Å². The SMILES string of the molecule is CCOC(=O)c1c(N=Cc2c(O)n(C)c(=O)n(C)c2=O)sc(C)c1-c1cccs1. The molecular weight excluding hydrogens is 414 g/mol. The number of carbonyl (C=O) groups excluding carboxylic acids is 1. The zero-order valence-electron chi connectivity index (χ0n) is 16.3. The number of aromatic hydroxyl groups is 1. The largest absolute Gasteiger partial charge is 0.494 e. The second-order valence-corrected chi connectivity index (χ2v) is 8.26. The molecule has 0 aliphatic heterocycles. The lowest BCUT2D eigenvalue weighted by Crippen LogP contribution is -2.38. The molecule has 0 amide bonds. The summed E-state index contributed by atoms with van der Waals surface area (Å²) in [4.78, 5) is 43.0. The molecular formula is C19H19N3O5S2. The average molecular weight is 434 g/mol. The molecule has 0 saturated carbocycles. The van der Waals surface area contributed by atoms with Crippen LogP contribution < -0.4 is 11.2 Å². The van der Waals surface area contributed by atoms with Crippen LogP contribution in [0.2, 0.25) is 0 Å². The van der Waals surface area contributed by atoms with Gasteiger partial charge in [0.05, 0.1) is 6.61 Å². The Bertz CT molecular complexity index is 1220. The van der Waals surface area contributed by atoms with Gasteiger partial charge >= 0.3 is 11.7 Å². The molecule has 0 saturated heterocycles. The lowest BCUT2D eigenvalue weighted by atomic mass is 10.1. The van der Waals surface area contributed by atoms with Crippen molar-refractivity contribution in [1.82, 2.24) is 9.13 Å². The lowest BCUT2D eigenvalue weighted by Gasteiger charge is -2.07. The Labute approximate surface area is 174 Å². The van der Waals surface area contributed by atoms with E-state index in [2.05, 4.69) is 4.99 Å². The van der Waals surface area contributed by atoms with Crippen molar-refractivity contribution in [2.45, 2.75) is 13.8 Å². The van der Waals surface area contributed by atoms with Crippen LogP contribution in [0.15, 0.2) is 32.1 Å². The van der Waals surface area contributed by atoms with E-state index in [1.54, 1.807) is 6.92 Å². The molecule has 29 heavy (non-hydrogen) atoms. The predicted molar refractivity (Wildman–Crippen MR) is 114 cm³/mol. The number of esters is 1. The van der Waals surface area contributed by atoms with Crippen LogP contribution >= 0.6 is 22.7 Å². The van der Waals surface area contributed by atoms with Crippen LogP contribution in [-0.2, 0) is 18.8 Å². The van der Waals surface area contributed by atoms with Crippen molar-refractivity contribution in [1.29, 1.82) is 0 Å². The van der Waals surface area contributed by atoms with E-state index in [-0.39, 0.29) is 12.2 Å². The number of hydrogen-bond acceptors (Lipinski definition) is 8. The van der Waals surface area contributed by atoms with Crippen molar-refractivity contribution < 1.29 is 14.6 Å². The van der Waals surface area contributed by atoms with Gasteiger partial charge in [0.1, 0.15) is 16.1 Å². The molecule has 0 unspecified atom stereocenters. The van der Waals surface area contributed by atoms with Crippen LogP contribution in [0.5, 0.6) is 5.88 Å². The number of aromatic nitrogens is 2. The lowest BCUT2D eigenvalue weighted by molar-refractivity contribution is 0.0529. The molecule has 152 valence electrons. The van der Waals surface area contributed by atoms with E-state index < -0.39 is 23.1 Å². The Kier molecular flexibility index (Phi) is 5.85. The first-order valence-electron chi connectivity index (χ1n) is 8.65. The Morgan fingerprint density at radius 2 is 2.03 bits per heavy atom. The quantitative estimate of drug-likeness (QED) is 0.492. The van der Waals surface area contributed by atoms with Crippen LogP contribution in [0.1, 0.15) is 27.7 Å². The third-order valence-electron chi connectivity index (χ3n) is 4.29. The van der Waals surface area contributed by atoms with E-state index in [4.69, 9.17) is 4.74 Å². The predicted octanol–water partition coefficient (Wildman–Crippen LogP) is 2.82. The fourth-order valence-electron chi connectivity index (χ4n) is 2.83. The first kappa shape index (κ1) is 20.7. The minimum atomic E-state index is -0.682. The van der Waals surface area contributed by atoms with E-state index in [1.807, 2.05) is 24.4 Å². The topological polar surface area (TPSA) is 103 Å². The summed E-state index contributed by atoms with van der Waals surface area (Å²) in [7, 11) is 2.67. The molecule has 0 atom stereocenters. The average Bonchev–Trinajstić information content (AvgIpc) is 3.32. The van der Waals surface area contributed by atoms with Gasteiger partial charge in [-0.3, -0.25) is 13.9 Å². The molecule has 3 aromatic rings. The maximum Gasteiger partial charge on any atom is 0.341 e. The van der Waals surface area contributed by atoms with Crippen LogP contribution in [-0.4, -0.2) is 33.0 Å². The normalized spacial score (nSPS) is 11.3.